The van der Waals surface area contributed by atoms with E-state index in [1.165, 1.54) is 5.56 Å². The molecule has 2 fully saturated rings. The third kappa shape index (κ3) is 7.18. The van der Waals surface area contributed by atoms with E-state index in [0.29, 0.717) is 31.2 Å². The fraction of sp³-hybridized carbons (Fsp3) is 0.519. The molecule has 3 amide bonds. The number of likely N-dealkylation sites (tertiary alicyclic amines) is 2. The van der Waals surface area contributed by atoms with E-state index in [-0.39, 0.29) is 23.9 Å². The summed E-state index contributed by atoms with van der Waals surface area (Å²) in [6.07, 6.45) is 7.09. The molecule has 1 N–H and O–H groups in total. The van der Waals surface area contributed by atoms with Crippen LogP contribution in [0, 0.1) is 5.92 Å². The van der Waals surface area contributed by atoms with Gasteiger partial charge in [0.2, 0.25) is 5.91 Å². The van der Waals surface area contributed by atoms with Crippen molar-refractivity contribution in [2.24, 2.45) is 5.92 Å². The molecule has 1 aromatic heterocycles. The molecule has 4 rings (SSSR count). The Morgan fingerprint density at radius 2 is 1.63 bits per heavy atom. The highest BCUT2D eigenvalue weighted by Gasteiger charge is 2.31. The van der Waals surface area contributed by atoms with Crippen molar-refractivity contribution in [3.63, 3.8) is 0 Å². The summed E-state index contributed by atoms with van der Waals surface area (Å²) in [5.41, 5.74) is 2.32. The van der Waals surface area contributed by atoms with Gasteiger partial charge in [-0.05, 0) is 81.1 Å². The van der Waals surface area contributed by atoms with Gasteiger partial charge in [0.1, 0.15) is 0 Å². The largest absolute Gasteiger partial charge is 0.342 e. The number of nitrogens with one attached hydrogen (secondary N) is 1. The lowest BCUT2D eigenvalue weighted by Gasteiger charge is -2.38. The molecule has 0 unspecified atom stereocenters. The van der Waals surface area contributed by atoms with E-state index in [9.17, 15) is 9.59 Å². The fourth-order valence-electron chi connectivity index (χ4n) is 4.99. The molecule has 8 heteroatoms. The Labute approximate surface area is 213 Å². The van der Waals surface area contributed by atoms with Crippen molar-refractivity contribution in [1.82, 2.24) is 25.0 Å². The first kappa shape index (κ1) is 25.5. The number of hydrogen-bond donors (Lipinski definition) is 1. The summed E-state index contributed by atoms with van der Waals surface area (Å²) in [6, 6.07) is 11.8. The van der Waals surface area contributed by atoms with Gasteiger partial charge in [0.15, 0.2) is 0 Å². The number of nitrogens with zero attached hydrogens (tertiary/aromatic N) is 4. The molecule has 1 aromatic carbocycles. The van der Waals surface area contributed by atoms with Gasteiger partial charge < -0.3 is 15.1 Å². The van der Waals surface area contributed by atoms with Crippen LogP contribution >= 0.6 is 11.6 Å². The molecule has 188 valence electrons. The second-order valence-corrected chi connectivity index (χ2v) is 10.0. The minimum atomic E-state index is -0.0474. The fourth-order valence-corrected chi connectivity index (χ4v) is 5.12. The van der Waals surface area contributed by atoms with Crippen LogP contribution in [0.3, 0.4) is 0 Å². The van der Waals surface area contributed by atoms with Gasteiger partial charge in [-0.15, -0.1) is 0 Å². The SMILES string of the molecule is CCN(Cc1ccc(Cl)cc1)C(=O)NC1CCN(C(=O)C2CCN(Cc3ccncc3)CC2)CC1. The summed E-state index contributed by atoms with van der Waals surface area (Å²) in [5, 5.41) is 3.87. The maximum Gasteiger partial charge on any atom is 0.317 e. The summed E-state index contributed by atoms with van der Waals surface area (Å²) >= 11 is 5.97. The number of piperidine rings is 2. The minimum absolute atomic E-state index is 0.0474. The lowest BCUT2D eigenvalue weighted by atomic mass is 9.93. The first-order valence-corrected chi connectivity index (χ1v) is 13.1. The van der Waals surface area contributed by atoms with Crippen LogP contribution in [-0.4, -0.2) is 70.4 Å². The number of hydrogen-bond acceptors (Lipinski definition) is 4. The molecule has 2 aliphatic rings. The molecule has 2 aromatic rings. The normalized spacial score (nSPS) is 17.8. The third-order valence-corrected chi connectivity index (χ3v) is 7.43. The van der Waals surface area contributed by atoms with Gasteiger partial charge >= 0.3 is 6.03 Å². The Balaban J connectivity index is 1.18. The molecule has 0 atom stereocenters. The molecule has 0 spiro atoms. The molecule has 0 saturated carbocycles. The van der Waals surface area contributed by atoms with Crippen molar-refractivity contribution in [2.75, 3.05) is 32.7 Å². The van der Waals surface area contributed by atoms with Crippen LogP contribution in [0.2, 0.25) is 5.02 Å². The van der Waals surface area contributed by atoms with Gasteiger partial charge in [-0.3, -0.25) is 14.7 Å². The van der Waals surface area contributed by atoms with Crippen molar-refractivity contribution >= 4 is 23.5 Å². The van der Waals surface area contributed by atoms with E-state index in [0.717, 1.165) is 50.9 Å². The molecular formula is C27H36ClN5O2. The molecule has 0 aliphatic carbocycles. The molecule has 35 heavy (non-hydrogen) atoms. The van der Waals surface area contributed by atoms with Crippen LogP contribution in [-0.2, 0) is 17.9 Å². The van der Waals surface area contributed by atoms with Crippen LogP contribution in [0.1, 0.15) is 43.7 Å². The Morgan fingerprint density at radius 1 is 0.971 bits per heavy atom. The Hall–Kier alpha value is -2.64. The van der Waals surface area contributed by atoms with Gasteiger partial charge in [0.05, 0.1) is 0 Å². The second kappa shape index (κ2) is 12.4. The summed E-state index contributed by atoms with van der Waals surface area (Å²) in [4.78, 5) is 36.3. The molecule has 2 saturated heterocycles. The van der Waals surface area contributed by atoms with E-state index in [2.05, 4.69) is 27.3 Å². The minimum Gasteiger partial charge on any atom is -0.342 e. The Bertz CT molecular complexity index is 955. The monoisotopic (exact) mass is 497 g/mol. The van der Waals surface area contributed by atoms with Gasteiger partial charge in [-0.1, -0.05) is 23.7 Å². The van der Waals surface area contributed by atoms with Gasteiger partial charge in [0, 0.05) is 62.1 Å². The van der Waals surface area contributed by atoms with Crippen LogP contribution in [0.5, 0.6) is 0 Å². The number of rotatable bonds is 7. The molecule has 3 heterocycles. The highest BCUT2D eigenvalue weighted by atomic mass is 35.5. The van der Waals surface area contributed by atoms with Crippen molar-refractivity contribution in [3.8, 4) is 0 Å². The number of benzene rings is 1. The van der Waals surface area contributed by atoms with Crippen LogP contribution in [0.25, 0.3) is 0 Å². The van der Waals surface area contributed by atoms with Crippen LogP contribution < -0.4 is 5.32 Å². The number of carbonyl (C=O) groups excluding carboxylic acids is 2. The summed E-state index contributed by atoms with van der Waals surface area (Å²) < 4.78 is 0. The summed E-state index contributed by atoms with van der Waals surface area (Å²) in [7, 11) is 0. The highest BCUT2D eigenvalue weighted by Crippen LogP contribution is 2.23. The van der Waals surface area contributed by atoms with Crippen molar-refractivity contribution in [3.05, 3.63) is 64.9 Å². The molecule has 0 bridgehead atoms. The topological polar surface area (TPSA) is 68.8 Å². The second-order valence-electron chi connectivity index (χ2n) is 9.60. The summed E-state index contributed by atoms with van der Waals surface area (Å²) in [6.45, 7) is 7.41. The number of amides is 3. The smallest absolute Gasteiger partial charge is 0.317 e. The van der Waals surface area contributed by atoms with E-state index in [4.69, 9.17) is 11.6 Å². The zero-order valence-electron chi connectivity index (χ0n) is 20.5. The first-order chi connectivity index (χ1) is 17.0. The number of aromatic nitrogens is 1. The van der Waals surface area contributed by atoms with Gasteiger partial charge in [-0.25, -0.2) is 4.79 Å². The zero-order valence-corrected chi connectivity index (χ0v) is 21.3. The van der Waals surface area contributed by atoms with Gasteiger partial charge in [-0.2, -0.15) is 0 Å². The number of urea groups is 1. The Morgan fingerprint density at radius 3 is 2.26 bits per heavy atom. The third-order valence-electron chi connectivity index (χ3n) is 7.18. The first-order valence-electron chi connectivity index (χ1n) is 12.7. The van der Waals surface area contributed by atoms with Crippen molar-refractivity contribution in [2.45, 2.75) is 51.7 Å². The van der Waals surface area contributed by atoms with Crippen LogP contribution in [0.4, 0.5) is 4.79 Å². The maximum absolute atomic E-state index is 13.1. The summed E-state index contributed by atoms with van der Waals surface area (Å²) in [5.74, 6) is 0.404. The van der Waals surface area contributed by atoms with Crippen molar-refractivity contribution in [1.29, 1.82) is 0 Å². The molecular weight excluding hydrogens is 462 g/mol. The van der Waals surface area contributed by atoms with E-state index in [1.54, 1.807) is 4.90 Å². The predicted octanol–water partition coefficient (Wildman–Crippen LogP) is 4.17. The lowest BCUT2D eigenvalue weighted by Crippen LogP contribution is -2.51. The maximum atomic E-state index is 13.1. The van der Waals surface area contributed by atoms with E-state index >= 15 is 0 Å². The predicted molar refractivity (Wildman–Crippen MR) is 138 cm³/mol. The Kier molecular flexibility index (Phi) is 8.99. The average molecular weight is 498 g/mol. The highest BCUT2D eigenvalue weighted by molar-refractivity contribution is 6.30. The number of pyridine rings is 1. The molecule has 0 radical (unpaired) electrons. The zero-order chi connectivity index (χ0) is 24.6. The standard InChI is InChI=1S/C27H36ClN5O2/c1-2-32(20-21-3-5-24(28)6-4-21)27(35)30-25-11-17-33(18-12-25)26(34)23-9-15-31(16-10-23)19-22-7-13-29-14-8-22/h3-8,13-14,23,25H,2,9-12,15-20H2,1H3,(H,30,35). The number of carbonyl (C=O) groups is 2. The van der Waals surface area contributed by atoms with Crippen LogP contribution in [0.15, 0.2) is 48.8 Å². The van der Waals surface area contributed by atoms with Gasteiger partial charge in [0.25, 0.3) is 0 Å². The average Bonchev–Trinajstić information content (AvgIpc) is 2.89. The molecule has 2 aliphatic heterocycles. The molecule has 7 nitrogen and oxygen atoms in total. The van der Waals surface area contributed by atoms with E-state index in [1.807, 2.05) is 48.5 Å². The van der Waals surface area contributed by atoms with Crippen molar-refractivity contribution < 1.29 is 9.59 Å². The van der Waals surface area contributed by atoms with E-state index < -0.39 is 0 Å². The number of halogens is 1. The lowest BCUT2D eigenvalue weighted by molar-refractivity contribution is -0.138. The quantitative estimate of drug-likeness (QED) is 0.623.